The fourth-order valence-electron chi connectivity index (χ4n) is 4.45. The molecule has 2 aromatic carbocycles. The first-order valence-electron chi connectivity index (χ1n) is 11.0. The fourth-order valence-corrected chi connectivity index (χ4v) is 4.45. The Bertz CT molecular complexity index is 1400. The largest absolute Gasteiger partial charge is 0.408 e. The molecule has 5 rings (SSSR count). The van der Waals surface area contributed by atoms with Gasteiger partial charge in [-0.1, -0.05) is 35.4 Å². The summed E-state index contributed by atoms with van der Waals surface area (Å²) in [7, 11) is 0. The zero-order valence-electron chi connectivity index (χ0n) is 18.6. The molecule has 0 radical (unpaired) electrons. The minimum absolute atomic E-state index is 0.188. The van der Waals surface area contributed by atoms with Crippen LogP contribution in [0, 0.1) is 18.3 Å². The third-order valence-corrected chi connectivity index (χ3v) is 6.15. The van der Waals surface area contributed by atoms with Crippen LogP contribution in [0.5, 0.6) is 0 Å². The van der Waals surface area contributed by atoms with Crippen molar-refractivity contribution in [3.05, 3.63) is 75.9 Å². The first kappa shape index (κ1) is 20.9. The van der Waals surface area contributed by atoms with E-state index in [1.807, 2.05) is 18.2 Å². The summed E-state index contributed by atoms with van der Waals surface area (Å²) < 4.78 is 5.59. The lowest BCUT2D eigenvalue weighted by Crippen LogP contribution is -2.51. The lowest BCUT2D eigenvalue weighted by molar-refractivity contribution is 0.215. The predicted molar refractivity (Wildman–Crippen MR) is 126 cm³/mol. The number of hydrogen-bond donors (Lipinski definition) is 1. The first-order valence-corrected chi connectivity index (χ1v) is 11.0. The SMILES string of the molecule is Cc1nnc(N2CCN(Cc3ccc(-c4cc5c(C#N)cccc5c(=O)[nH]4)cc3)CC2C)o1. The summed E-state index contributed by atoms with van der Waals surface area (Å²) in [4.78, 5) is 20.1. The standard InChI is InChI=1S/C25H24N6O2/c1-16-14-30(10-11-31(16)25-29-28-17(2)33-25)15-18-6-8-19(9-7-18)23-12-22-20(13-26)4-3-5-21(22)24(32)27-23/h3-9,12,16H,10-11,14-15H2,1-2H3,(H,27,32). The molecule has 8 nitrogen and oxygen atoms in total. The van der Waals surface area contributed by atoms with E-state index in [-0.39, 0.29) is 11.6 Å². The highest BCUT2D eigenvalue weighted by molar-refractivity contribution is 5.89. The summed E-state index contributed by atoms with van der Waals surface area (Å²) >= 11 is 0. The monoisotopic (exact) mass is 440 g/mol. The second-order valence-corrected chi connectivity index (χ2v) is 8.47. The summed E-state index contributed by atoms with van der Waals surface area (Å²) in [6.07, 6.45) is 0. The molecule has 1 aliphatic heterocycles. The normalized spacial score (nSPS) is 16.8. The van der Waals surface area contributed by atoms with E-state index >= 15 is 0 Å². The maximum Gasteiger partial charge on any atom is 0.318 e. The van der Waals surface area contributed by atoms with Crippen LogP contribution in [-0.4, -0.2) is 45.8 Å². The van der Waals surface area contributed by atoms with Crippen molar-refractivity contribution < 1.29 is 4.42 Å². The lowest BCUT2D eigenvalue weighted by Gasteiger charge is -2.38. The summed E-state index contributed by atoms with van der Waals surface area (Å²) in [6.45, 7) is 7.45. The Labute approximate surface area is 191 Å². The van der Waals surface area contributed by atoms with E-state index in [4.69, 9.17) is 4.42 Å². The van der Waals surface area contributed by atoms with Gasteiger partial charge in [0.15, 0.2) is 0 Å². The van der Waals surface area contributed by atoms with Gasteiger partial charge in [-0.2, -0.15) is 5.26 Å². The van der Waals surface area contributed by atoms with Crippen molar-refractivity contribution in [2.45, 2.75) is 26.4 Å². The molecule has 0 amide bonds. The number of nitrogens with one attached hydrogen (secondary N) is 1. The average molecular weight is 441 g/mol. The minimum Gasteiger partial charge on any atom is -0.408 e. The van der Waals surface area contributed by atoms with Crippen molar-refractivity contribution in [2.75, 3.05) is 24.5 Å². The molecular formula is C25H24N6O2. The Balaban J connectivity index is 1.31. The molecule has 1 fully saturated rings. The Morgan fingerprint density at radius 1 is 1.15 bits per heavy atom. The Hall–Kier alpha value is -3.96. The van der Waals surface area contributed by atoms with E-state index in [9.17, 15) is 10.1 Å². The third kappa shape index (κ3) is 4.11. The second-order valence-electron chi connectivity index (χ2n) is 8.47. The third-order valence-electron chi connectivity index (χ3n) is 6.15. The van der Waals surface area contributed by atoms with Crippen molar-refractivity contribution in [2.24, 2.45) is 0 Å². The molecule has 1 saturated heterocycles. The molecule has 1 aliphatic rings. The summed E-state index contributed by atoms with van der Waals surface area (Å²) in [5, 5.41) is 18.7. The van der Waals surface area contributed by atoms with E-state index < -0.39 is 0 Å². The molecule has 1 unspecified atom stereocenters. The molecule has 2 aromatic heterocycles. The number of fused-ring (bicyclic) bond motifs is 1. The fraction of sp³-hybridized carbons (Fsp3) is 0.280. The number of aryl methyl sites for hydroxylation is 1. The Morgan fingerprint density at radius 2 is 1.97 bits per heavy atom. The molecule has 3 heterocycles. The number of hydrogen-bond acceptors (Lipinski definition) is 7. The lowest BCUT2D eigenvalue weighted by atomic mass is 10.0. The molecule has 0 bridgehead atoms. The van der Waals surface area contributed by atoms with Gasteiger partial charge in [-0.25, -0.2) is 0 Å². The number of nitrogens with zero attached hydrogens (tertiary/aromatic N) is 5. The predicted octanol–water partition coefficient (Wildman–Crippen LogP) is 3.47. The van der Waals surface area contributed by atoms with Crippen molar-refractivity contribution in [1.82, 2.24) is 20.1 Å². The van der Waals surface area contributed by atoms with E-state index in [1.165, 1.54) is 5.56 Å². The highest BCUT2D eigenvalue weighted by Crippen LogP contribution is 2.24. The Kier molecular flexibility index (Phi) is 5.40. The number of rotatable bonds is 4. The zero-order valence-corrected chi connectivity index (χ0v) is 18.6. The van der Waals surface area contributed by atoms with E-state index in [0.29, 0.717) is 33.9 Å². The zero-order chi connectivity index (χ0) is 22.9. The molecule has 0 saturated carbocycles. The second kappa shape index (κ2) is 8.52. The topological polar surface area (TPSA) is 102 Å². The molecule has 33 heavy (non-hydrogen) atoms. The highest BCUT2D eigenvalue weighted by Gasteiger charge is 2.27. The van der Waals surface area contributed by atoms with Gasteiger partial charge < -0.3 is 14.3 Å². The van der Waals surface area contributed by atoms with Gasteiger partial charge in [-0.05, 0) is 36.2 Å². The first-order chi connectivity index (χ1) is 16.0. The van der Waals surface area contributed by atoms with Gasteiger partial charge in [0.1, 0.15) is 0 Å². The molecule has 0 aliphatic carbocycles. The number of aromatic amines is 1. The molecular weight excluding hydrogens is 416 g/mol. The quantitative estimate of drug-likeness (QED) is 0.518. The van der Waals surface area contributed by atoms with Gasteiger partial charge in [-0.3, -0.25) is 9.69 Å². The van der Waals surface area contributed by atoms with Crippen molar-refractivity contribution in [3.63, 3.8) is 0 Å². The van der Waals surface area contributed by atoms with Crippen molar-refractivity contribution in [1.29, 1.82) is 5.26 Å². The van der Waals surface area contributed by atoms with Gasteiger partial charge in [-0.15, -0.1) is 5.10 Å². The number of H-pyrrole nitrogens is 1. The van der Waals surface area contributed by atoms with Crippen LogP contribution >= 0.6 is 0 Å². The number of nitriles is 1. The molecule has 8 heteroatoms. The molecule has 166 valence electrons. The number of aromatic nitrogens is 3. The summed E-state index contributed by atoms with van der Waals surface area (Å²) in [6, 6.07) is 18.3. The number of piperazine rings is 1. The van der Waals surface area contributed by atoms with Crippen LogP contribution in [0.2, 0.25) is 0 Å². The van der Waals surface area contributed by atoms with Gasteiger partial charge in [0, 0.05) is 55.6 Å². The van der Waals surface area contributed by atoms with Gasteiger partial charge in [0.2, 0.25) is 5.89 Å². The van der Waals surface area contributed by atoms with Crippen LogP contribution in [0.1, 0.15) is 23.9 Å². The maximum atomic E-state index is 12.5. The average Bonchev–Trinajstić information content (AvgIpc) is 3.25. The van der Waals surface area contributed by atoms with E-state index in [0.717, 1.165) is 31.7 Å². The summed E-state index contributed by atoms with van der Waals surface area (Å²) in [5.74, 6) is 0.580. The van der Waals surface area contributed by atoms with E-state index in [1.54, 1.807) is 25.1 Å². The molecule has 1 atom stereocenters. The molecule has 0 spiro atoms. The van der Waals surface area contributed by atoms with Crippen LogP contribution in [0.25, 0.3) is 22.0 Å². The van der Waals surface area contributed by atoms with Crippen LogP contribution in [0.3, 0.4) is 0 Å². The van der Waals surface area contributed by atoms with E-state index in [2.05, 4.69) is 50.1 Å². The minimum atomic E-state index is -0.188. The number of benzene rings is 2. The Morgan fingerprint density at radius 3 is 2.67 bits per heavy atom. The number of pyridine rings is 1. The van der Waals surface area contributed by atoms with Crippen molar-refractivity contribution >= 4 is 16.8 Å². The summed E-state index contributed by atoms with van der Waals surface area (Å²) in [5.41, 5.74) is 3.13. The smallest absolute Gasteiger partial charge is 0.318 e. The van der Waals surface area contributed by atoms with Gasteiger partial charge in [0.25, 0.3) is 5.56 Å². The van der Waals surface area contributed by atoms with Gasteiger partial charge >= 0.3 is 6.01 Å². The maximum absolute atomic E-state index is 12.5. The van der Waals surface area contributed by atoms with Crippen LogP contribution in [0.15, 0.2) is 57.7 Å². The number of anilines is 1. The highest BCUT2D eigenvalue weighted by atomic mass is 16.4. The van der Waals surface area contributed by atoms with Crippen LogP contribution in [0.4, 0.5) is 6.01 Å². The van der Waals surface area contributed by atoms with Crippen LogP contribution < -0.4 is 10.5 Å². The van der Waals surface area contributed by atoms with Gasteiger partial charge in [0.05, 0.1) is 11.6 Å². The van der Waals surface area contributed by atoms with Crippen LogP contribution in [-0.2, 0) is 6.54 Å². The van der Waals surface area contributed by atoms with Crippen molar-refractivity contribution in [3.8, 4) is 17.3 Å². The molecule has 1 N–H and O–H groups in total. The molecule has 4 aromatic rings.